The van der Waals surface area contributed by atoms with Gasteiger partial charge in [0.25, 0.3) is 0 Å². The van der Waals surface area contributed by atoms with Gasteiger partial charge in [0.1, 0.15) is 17.4 Å². The molecule has 3 fully saturated rings. The van der Waals surface area contributed by atoms with E-state index in [1.807, 2.05) is 60.9 Å². The summed E-state index contributed by atoms with van der Waals surface area (Å²) in [7, 11) is 1.63. The Bertz CT molecular complexity index is 1290. The molecule has 3 amide bonds. The Hall–Kier alpha value is -3.17. The van der Waals surface area contributed by atoms with Crippen LogP contribution in [0, 0.1) is 11.8 Å². The first-order valence-electron chi connectivity index (χ1n) is 14.3. The molecular weight excluding hydrogens is 526 g/mol. The van der Waals surface area contributed by atoms with E-state index in [1.165, 1.54) is 6.42 Å². The zero-order valence-electron chi connectivity index (χ0n) is 23.1. The Labute approximate surface area is 239 Å². The molecule has 8 nitrogen and oxygen atoms in total. The molecule has 2 aromatic rings. The summed E-state index contributed by atoms with van der Waals surface area (Å²) < 4.78 is 11.9. The van der Waals surface area contributed by atoms with E-state index >= 15 is 0 Å². The first kappa shape index (κ1) is 27.0. The molecule has 4 aliphatic rings. The number of carbonyl (C=O) groups excluding carboxylic acids is 3. The molecule has 0 radical (unpaired) electrons. The molecule has 1 aromatic carbocycles. The van der Waals surface area contributed by atoms with Crippen LogP contribution in [-0.4, -0.2) is 59.6 Å². The second-order valence-electron chi connectivity index (χ2n) is 11.6. The molecule has 1 aromatic heterocycles. The van der Waals surface area contributed by atoms with Crippen LogP contribution in [-0.2, 0) is 32.1 Å². The lowest BCUT2D eigenvalue weighted by molar-refractivity contribution is -0.145. The molecule has 1 aliphatic carbocycles. The molecule has 40 heavy (non-hydrogen) atoms. The molecule has 9 heteroatoms. The Morgan fingerprint density at radius 1 is 1.10 bits per heavy atom. The van der Waals surface area contributed by atoms with Gasteiger partial charge in [-0.25, -0.2) is 0 Å². The molecule has 1 spiro atoms. The van der Waals surface area contributed by atoms with E-state index in [0.29, 0.717) is 19.5 Å². The highest BCUT2D eigenvalue weighted by atomic mass is 32.1. The standard InChI is InChI=1S/C31H37N3O5S/c1-30-15-16-31(39-30)25(24(30)27(35)32-19-23-9-6-18-40-23)29(37)34(17-14-20-10-12-22(38-2)13-11-20)26(31)28(36)33-21-7-4-3-5-8-21/h6,9-13,15-16,18,21,24-26H,3-5,7-8,14,17,19H2,1-2H3,(H,32,35)(H,33,36)/t24-,25+,26-,30+,31-/m1/s1. The molecule has 1 saturated carbocycles. The maximum atomic E-state index is 14.2. The van der Waals surface area contributed by atoms with Gasteiger partial charge in [0.15, 0.2) is 0 Å². The average molecular weight is 564 g/mol. The highest BCUT2D eigenvalue weighted by Crippen LogP contribution is 2.59. The van der Waals surface area contributed by atoms with E-state index in [1.54, 1.807) is 23.3 Å². The first-order chi connectivity index (χ1) is 19.3. The second-order valence-corrected chi connectivity index (χ2v) is 12.6. The molecule has 0 unspecified atom stereocenters. The molecule has 6 rings (SSSR count). The van der Waals surface area contributed by atoms with Crippen LogP contribution < -0.4 is 15.4 Å². The van der Waals surface area contributed by atoms with Crippen molar-refractivity contribution in [1.29, 1.82) is 0 Å². The van der Waals surface area contributed by atoms with Crippen LogP contribution in [0.5, 0.6) is 5.75 Å². The van der Waals surface area contributed by atoms with Crippen LogP contribution in [0.1, 0.15) is 49.5 Å². The van der Waals surface area contributed by atoms with E-state index in [0.717, 1.165) is 41.9 Å². The Morgan fingerprint density at radius 2 is 1.88 bits per heavy atom. The first-order valence-corrected chi connectivity index (χ1v) is 15.2. The lowest BCUT2D eigenvalue weighted by atomic mass is 9.70. The summed E-state index contributed by atoms with van der Waals surface area (Å²) in [5.74, 6) is -1.32. The van der Waals surface area contributed by atoms with Crippen LogP contribution in [0.4, 0.5) is 0 Å². The van der Waals surface area contributed by atoms with Gasteiger partial charge >= 0.3 is 0 Å². The topological polar surface area (TPSA) is 97.0 Å². The van der Waals surface area contributed by atoms with Gasteiger partial charge in [0, 0.05) is 17.5 Å². The summed E-state index contributed by atoms with van der Waals surface area (Å²) in [6.07, 6.45) is 9.59. The van der Waals surface area contributed by atoms with Crippen LogP contribution in [0.25, 0.3) is 0 Å². The predicted molar refractivity (Wildman–Crippen MR) is 152 cm³/mol. The minimum Gasteiger partial charge on any atom is -0.497 e. The lowest BCUT2D eigenvalue weighted by Gasteiger charge is -2.34. The van der Waals surface area contributed by atoms with Crippen molar-refractivity contribution in [3.63, 3.8) is 0 Å². The number of carbonyl (C=O) groups is 3. The summed E-state index contributed by atoms with van der Waals surface area (Å²) in [6, 6.07) is 10.9. The van der Waals surface area contributed by atoms with Gasteiger partial charge in [0.05, 0.1) is 31.1 Å². The fourth-order valence-electron chi connectivity index (χ4n) is 7.14. The number of methoxy groups -OCH3 is 1. The SMILES string of the molecule is COc1ccc(CCN2C(=O)[C@@H]3[C@H](C(=O)NCc4cccs4)[C@]4(C)C=C[C@]3(O4)[C@H]2C(=O)NC2CCCCC2)cc1. The van der Waals surface area contributed by atoms with Crippen molar-refractivity contribution in [1.82, 2.24) is 15.5 Å². The molecule has 2 saturated heterocycles. The number of amides is 3. The zero-order valence-corrected chi connectivity index (χ0v) is 23.9. The molecule has 2 bridgehead atoms. The normalized spacial score (nSPS) is 30.9. The number of nitrogens with one attached hydrogen (secondary N) is 2. The number of rotatable bonds is 9. The Morgan fingerprint density at radius 3 is 2.58 bits per heavy atom. The second kappa shape index (κ2) is 10.7. The summed E-state index contributed by atoms with van der Waals surface area (Å²) in [6.45, 7) is 2.61. The van der Waals surface area contributed by atoms with Crippen molar-refractivity contribution in [3.05, 3.63) is 64.4 Å². The summed E-state index contributed by atoms with van der Waals surface area (Å²) in [4.78, 5) is 44.6. The number of hydrogen-bond acceptors (Lipinski definition) is 6. The van der Waals surface area contributed by atoms with E-state index in [9.17, 15) is 14.4 Å². The number of hydrogen-bond donors (Lipinski definition) is 2. The third-order valence-electron chi connectivity index (χ3n) is 9.10. The molecule has 3 aliphatic heterocycles. The molecule has 5 atom stereocenters. The summed E-state index contributed by atoms with van der Waals surface area (Å²) in [5.41, 5.74) is -1.09. The minimum atomic E-state index is -1.17. The van der Waals surface area contributed by atoms with Crippen LogP contribution in [0.2, 0.25) is 0 Å². The number of benzene rings is 1. The van der Waals surface area contributed by atoms with E-state index in [4.69, 9.17) is 9.47 Å². The fourth-order valence-corrected chi connectivity index (χ4v) is 7.78. The van der Waals surface area contributed by atoms with Gasteiger partial charge in [-0.05, 0) is 55.3 Å². The van der Waals surface area contributed by atoms with Crippen molar-refractivity contribution in [3.8, 4) is 5.75 Å². The largest absolute Gasteiger partial charge is 0.497 e. The van der Waals surface area contributed by atoms with E-state index in [2.05, 4.69) is 10.6 Å². The molecular formula is C31H37N3O5S. The van der Waals surface area contributed by atoms with Crippen molar-refractivity contribution < 1.29 is 23.9 Å². The van der Waals surface area contributed by atoms with Crippen molar-refractivity contribution >= 4 is 29.1 Å². The number of ether oxygens (including phenoxy) is 2. The maximum Gasteiger partial charge on any atom is 0.246 e. The third kappa shape index (κ3) is 4.63. The highest BCUT2D eigenvalue weighted by Gasteiger charge is 2.76. The van der Waals surface area contributed by atoms with E-state index < -0.39 is 29.1 Å². The smallest absolute Gasteiger partial charge is 0.246 e. The van der Waals surface area contributed by atoms with Crippen molar-refractivity contribution in [2.24, 2.45) is 11.8 Å². The quantitative estimate of drug-likeness (QED) is 0.455. The number of thiophene rings is 1. The lowest BCUT2D eigenvalue weighted by Crippen LogP contribution is -2.57. The van der Waals surface area contributed by atoms with Crippen LogP contribution >= 0.6 is 11.3 Å². The van der Waals surface area contributed by atoms with Gasteiger partial charge in [-0.1, -0.05) is 49.6 Å². The molecule has 2 N–H and O–H groups in total. The Kier molecular flexibility index (Phi) is 7.21. The fraction of sp³-hybridized carbons (Fsp3) is 0.516. The summed E-state index contributed by atoms with van der Waals surface area (Å²) >= 11 is 1.57. The average Bonchev–Trinajstić information content (AvgIpc) is 3.71. The molecule has 4 heterocycles. The van der Waals surface area contributed by atoms with Gasteiger partial charge in [0.2, 0.25) is 17.7 Å². The highest BCUT2D eigenvalue weighted by molar-refractivity contribution is 7.09. The molecule has 212 valence electrons. The number of nitrogens with zero attached hydrogens (tertiary/aromatic N) is 1. The number of likely N-dealkylation sites (tertiary alicyclic amines) is 1. The number of fused-ring (bicyclic) bond motifs is 1. The Balaban J connectivity index is 1.28. The third-order valence-corrected chi connectivity index (χ3v) is 9.97. The summed E-state index contributed by atoms with van der Waals surface area (Å²) in [5, 5.41) is 8.26. The zero-order chi connectivity index (χ0) is 27.9. The van der Waals surface area contributed by atoms with Crippen LogP contribution in [0.3, 0.4) is 0 Å². The van der Waals surface area contributed by atoms with Crippen molar-refractivity contribution in [2.75, 3.05) is 13.7 Å². The van der Waals surface area contributed by atoms with Gasteiger partial charge in [-0.3, -0.25) is 14.4 Å². The van der Waals surface area contributed by atoms with Gasteiger partial charge in [-0.2, -0.15) is 0 Å². The van der Waals surface area contributed by atoms with Gasteiger partial charge in [-0.15, -0.1) is 11.3 Å². The predicted octanol–water partition coefficient (Wildman–Crippen LogP) is 3.61. The monoisotopic (exact) mass is 563 g/mol. The maximum absolute atomic E-state index is 14.2. The van der Waals surface area contributed by atoms with Gasteiger partial charge < -0.3 is 25.0 Å². The van der Waals surface area contributed by atoms with E-state index in [-0.39, 0.29) is 23.8 Å². The van der Waals surface area contributed by atoms with Crippen LogP contribution in [0.15, 0.2) is 53.9 Å². The van der Waals surface area contributed by atoms with Crippen molar-refractivity contribution in [2.45, 2.75) is 75.3 Å². The minimum absolute atomic E-state index is 0.0956.